The molecule has 4 nitrogen and oxygen atoms in total. The Hall–Kier alpha value is -0.810. The van der Waals surface area contributed by atoms with Gasteiger partial charge in [0.25, 0.3) is 5.91 Å². The molecular formula is C10H15BrN2O2. The molecule has 1 heterocycles. The summed E-state index contributed by atoms with van der Waals surface area (Å²) in [5, 5.41) is 12.0. The third-order valence-electron chi connectivity index (χ3n) is 2.17. The molecular weight excluding hydrogens is 260 g/mol. The second kappa shape index (κ2) is 5.32. The van der Waals surface area contributed by atoms with Gasteiger partial charge in [0.15, 0.2) is 0 Å². The first-order chi connectivity index (χ1) is 7.04. The van der Waals surface area contributed by atoms with Crippen LogP contribution in [0.4, 0.5) is 0 Å². The Morgan fingerprint density at radius 3 is 2.87 bits per heavy atom. The summed E-state index contributed by atoms with van der Waals surface area (Å²) in [6.07, 6.45) is 1.97. The molecule has 0 aliphatic heterocycles. The summed E-state index contributed by atoms with van der Waals surface area (Å²) in [6.45, 7) is 2.16. The molecule has 1 amide bonds. The van der Waals surface area contributed by atoms with E-state index >= 15 is 0 Å². The summed E-state index contributed by atoms with van der Waals surface area (Å²) in [7, 11) is 1.80. The average molecular weight is 275 g/mol. The van der Waals surface area contributed by atoms with Crippen LogP contribution in [-0.4, -0.2) is 28.2 Å². The van der Waals surface area contributed by atoms with Crippen molar-refractivity contribution in [3.63, 3.8) is 0 Å². The lowest BCUT2D eigenvalue weighted by atomic mass is 10.3. The van der Waals surface area contributed by atoms with Crippen LogP contribution in [-0.2, 0) is 7.05 Å². The molecule has 0 bridgehead atoms. The lowest BCUT2D eigenvalue weighted by Gasteiger charge is -2.09. The number of hydrogen-bond acceptors (Lipinski definition) is 2. The van der Waals surface area contributed by atoms with Crippen LogP contribution in [0.25, 0.3) is 0 Å². The Labute approximate surface area is 97.4 Å². The summed E-state index contributed by atoms with van der Waals surface area (Å²) >= 11 is 3.29. The SMILES string of the molecule is CCC(O)CNC(=O)c1cc(Br)cn1C. The Kier molecular flexibility index (Phi) is 4.35. The van der Waals surface area contributed by atoms with Gasteiger partial charge in [-0.15, -0.1) is 0 Å². The molecule has 0 aliphatic carbocycles. The third kappa shape index (κ3) is 3.35. The van der Waals surface area contributed by atoms with E-state index in [2.05, 4.69) is 21.2 Å². The molecule has 1 aromatic heterocycles. The molecule has 0 aromatic carbocycles. The molecule has 1 rings (SSSR count). The van der Waals surface area contributed by atoms with Gasteiger partial charge in [-0.25, -0.2) is 0 Å². The Balaban J connectivity index is 2.58. The van der Waals surface area contributed by atoms with Crippen LogP contribution in [0, 0.1) is 0 Å². The highest BCUT2D eigenvalue weighted by Gasteiger charge is 2.11. The molecule has 1 unspecified atom stereocenters. The number of carbonyl (C=O) groups is 1. The minimum Gasteiger partial charge on any atom is -0.391 e. The number of aromatic nitrogens is 1. The second-order valence-corrected chi connectivity index (χ2v) is 4.34. The van der Waals surface area contributed by atoms with Crippen LogP contribution >= 0.6 is 15.9 Å². The van der Waals surface area contributed by atoms with Crippen LogP contribution in [0.3, 0.4) is 0 Å². The topological polar surface area (TPSA) is 54.3 Å². The molecule has 0 spiro atoms. The van der Waals surface area contributed by atoms with Crippen molar-refractivity contribution in [2.45, 2.75) is 19.4 Å². The quantitative estimate of drug-likeness (QED) is 0.870. The molecule has 2 N–H and O–H groups in total. The third-order valence-corrected chi connectivity index (χ3v) is 2.61. The predicted octanol–water partition coefficient (Wildman–Crippen LogP) is 1.29. The standard InChI is InChI=1S/C10H15BrN2O2/c1-3-8(14)5-12-10(15)9-4-7(11)6-13(9)2/h4,6,8,14H,3,5H2,1-2H3,(H,12,15). The first-order valence-electron chi connectivity index (χ1n) is 4.82. The van der Waals surface area contributed by atoms with Crippen molar-refractivity contribution in [3.8, 4) is 0 Å². The summed E-state index contributed by atoms with van der Waals surface area (Å²) < 4.78 is 2.60. The Morgan fingerprint density at radius 2 is 2.40 bits per heavy atom. The van der Waals surface area contributed by atoms with Gasteiger partial charge >= 0.3 is 0 Å². The monoisotopic (exact) mass is 274 g/mol. The van der Waals surface area contributed by atoms with Crippen molar-refractivity contribution in [2.24, 2.45) is 7.05 Å². The van der Waals surface area contributed by atoms with Gasteiger partial charge in [0.2, 0.25) is 0 Å². The van der Waals surface area contributed by atoms with E-state index in [1.165, 1.54) is 0 Å². The second-order valence-electron chi connectivity index (χ2n) is 3.43. The fourth-order valence-electron chi connectivity index (χ4n) is 1.20. The number of rotatable bonds is 4. The minimum atomic E-state index is -0.474. The number of aliphatic hydroxyl groups is 1. The van der Waals surface area contributed by atoms with Gasteiger partial charge in [-0.1, -0.05) is 6.92 Å². The fourth-order valence-corrected chi connectivity index (χ4v) is 1.72. The van der Waals surface area contributed by atoms with E-state index in [1.807, 2.05) is 13.1 Å². The predicted molar refractivity (Wildman–Crippen MR) is 61.7 cm³/mol. The van der Waals surface area contributed by atoms with Gasteiger partial charge in [0.05, 0.1) is 6.10 Å². The van der Waals surface area contributed by atoms with E-state index in [1.54, 1.807) is 17.7 Å². The molecule has 84 valence electrons. The van der Waals surface area contributed by atoms with Crippen LogP contribution < -0.4 is 5.32 Å². The zero-order chi connectivity index (χ0) is 11.4. The maximum Gasteiger partial charge on any atom is 0.268 e. The maximum atomic E-state index is 11.6. The fraction of sp³-hybridized carbons (Fsp3) is 0.500. The minimum absolute atomic E-state index is 0.171. The lowest BCUT2D eigenvalue weighted by molar-refractivity contribution is 0.0906. The first kappa shape index (κ1) is 12.3. The number of halogens is 1. The van der Waals surface area contributed by atoms with Crippen molar-refractivity contribution >= 4 is 21.8 Å². The number of amides is 1. The first-order valence-corrected chi connectivity index (χ1v) is 5.62. The van der Waals surface area contributed by atoms with Crippen molar-refractivity contribution in [3.05, 3.63) is 22.4 Å². The van der Waals surface area contributed by atoms with Gasteiger partial charge < -0.3 is 15.0 Å². The number of aliphatic hydroxyl groups excluding tert-OH is 1. The largest absolute Gasteiger partial charge is 0.391 e. The lowest BCUT2D eigenvalue weighted by Crippen LogP contribution is -2.32. The Morgan fingerprint density at radius 1 is 1.73 bits per heavy atom. The molecule has 1 atom stereocenters. The van der Waals surface area contributed by atoms with Crippen molar-refractivity contribution in [1.29, 1.82) is 0 Å². The van der Waals surface area contributed by atoms with Crippen LogP contribution in [0.1, 0.15) is 23.8 Å². The van der Waals surface area contributed by atoms with E-state index in [-0.39, 0.29) is 12.5 Å². The molecule has 0 aliphatic rings. The average Bonchev–Trinajstić information content (AvgIpc) is 2.53. The summed E-state index contributed by atoms with van der Waals surface area (Å²) in [5.74, 6) is -0.171. The molecule has 0 radical (unpaired) electrons. The highest BCUT2D eigenvalue weighted by Crippen LogP contribution is 2.13. The maximum absolute atomic E-state index is 11.6. The van der Waals surface area contributed by atoms with E-state index in [4.69, 9.17) is 0 Å². The number of nitrogens with one attached hydrogen (secondary N) is 1. The van der Waals surface area contributed by atoms with E-state index in [0.717, 1.165) is 4.47 Å². The zero-order valence-electron chi connectivity index (χ0n) is 8.83. The normalized spacial score (nSPS) is 12.5. The molecule has 0 saturated heterocycles. The molecule has 0 fully saturated rings. The van der Waals surface area contributed by atoms with Crippen molar-refractivity contribution in [2.75, 3.05) is 6.54 Å². The van der Waals surface area contributed by atoms with Gasteiger partial charge in [0, 0.05) is 24.3 Å². The van der Waals surface area contributed by atoms with Gasteiger partial charge in [-0.05, 0) is 28.4 Å². The smallest absolute Gasteiger partial charge is 0.268 e. The van der Waals surface area contributed by atoms with Gasteiger partial charge in [-0.2, -0.15) is 0 Å². The molecule has 15 heavy (non-hydrogen) atoms. The van der Waals surface area contributed by atoms with Crippen molar-refractivity contribution in [1.82, 2.24) is 9.88 Å². The van der Waals surface area contributed by atoms with Crippen molar-refractivity contribution < 1.29 is 9.90 Å². The van der Waals surface area contributed by atoms with Crippen LogP contribution in [0.5, 0.6) is 0 Å². The Bertz CT molecular complexity index is 349. The highest BCUT2D eigenvalue weighted by atomic mass is 79.9. The van der Waals surface area contributed by atoms with Crippen LogP contribution in [0.2, 0.25) is 0 Å². The summed E-state index contributed by atoms with van der Waals surface area (Å²) in [6, 6.07) is 1.74. The number of hydrogen-bond donors (Lipinski definition) is 2. The van der Waals surface area contributed by atoms with E-state index < -0.39 is 6.10 Å². The van der Waals surface area contributed by atoms with Gasteiger partial charge in [-0.3, -0.25) is 4.79 Å². The number of carbonyl (C=O) groups excluding carboxylic acids is 1. The van der Waals surface area contributed by atoms with E-state index in [0.29, 0.717) is 12.1 Å². The number of aryl methyl sites for hydroxylation is 1. The molecule has 0 saturated carbocycles. The van der Waals surface area contributed by atoms with E-state index in [9.17, 15) is 9.90 Å². The zero-order valence-corrected chi connectivity index (χ0v) is 10.4. The number of nitrogens with zero attached hydrogens (tertiary/aromatic N) is 1. The van der Waals surface area contributed by atoms with Crippen LogP contribution in [0.15, 0.2) is 16.7 Å². The van der Waals surface area contributed by atoms with Gasteiger partial charge in [0.1, 0.15) is 5.69 Å². The molecule has 1 aromatic rings. The molecule has 5 heteroatoms. The summed E-state index contributed by atoms with van der Waals surface area (Å²) in [5.41, 5.74) is 0.574. The summed E-state index contributed by atoms with van der Waals surface area (Å²) in [4.78, 5) is 11.6. The highest BCUT2D eigenvalue weighted by molar-refractivity contribution is 9.10.